The molecular weight excluding hydrogens is 249 g/mol. The standard InChI is InChI=1S/C4H7Cl3O4P/c1-2-10-12(9)11-3(8)4(5,6)7/h3,8H,2H2,1H3/q+1. The average Bonchev–Trinajstić information content (AvgIpc) is 1.85. The summed E-state index contributed by atoms with van der Waals surface area (Å²) in [5.74, 6) is 0. The minimum Gasteiger partial charge on any atom is -0.361 e. The van der Waals surface area contributed by atoms with Crippen LogP contribution in [0.25, 0.3) is 0 Å². The van der Waals surface area contributed by atoms with Crippen molar-refractivity contribution in [1.82, 2.24) is 0 Å². The van der Waals surface area contributed by atoms with Gasteiger partial charge in [0.2, 0.25) is 3.79 Å². The molecule has 1 N–H and O–H groups in total. The van der Waals surface area contributed by atoms with Gasteiger partial charge >= 0.3 is 8.25 Å². The van der Waals surface area contributed by atoms with Crippen molar-refractivity contribution in [2.24, 2.45) is 0 Å². The molecule has 2 unspecified atom stereocenters. The van der Waals surface area contributed by atoms with E-state index < -0.39 is 18.3 Å². The van der Waals surface area contributed by atoms with Gasteiger partial charge in [0.1, 0.15) is 6.61 Å². The summed E-state index contributed by atoms with van der Waals surface area (Å²) in [5, 5.41) is 8.90. The molecule has 0 aliphatic rings. The Kier molecular flexibility index (Phi) is 5.95. The molecule has 0 amide bonds. The summed E-state index contributed by atoms with van der Waals surface area (Å²) < 4.78 is 17.4. The van der Waals surface area contributed by atoms with Crippen LogP contribution in [0.2, 0.25) is 0 Å². The van der Waals surface area contributed by atoms with Gasteiger partial charge in [-0.25, -0.2) is 0 Å². The Morgan fingerprint density at radius 2 is 2.08 bits per heavy atom. The molecule has 0 aliphatic heterocycles. The molecule has 0 aliphatic carbocycles. The lowest BCUT2D eigenvalue weighted by Gasteiger charge is -2.11. The number of aliphatic hydroxyl groups is 1. The first-order valence-corrected chi connectivity index (χ1v) is 5.12. The molecule has 0 aromatic heterocycles. The second-order valence-electron chi connectivity index (χ2n) is 1.64. The molecule has 0 saturated heterocycles. The molecule has 2 atom stereocenters. The first-order chi connectivity index (χ1) is 5.38. The number of rotatable bonds is 4. The van der Waals surface area contributed by atoms with Crippen LogP contribution >= 0.6 is 43.1 Å². The van der Waals surface area contributed by atoms with Crippen molar-refractivity contribution in [1.29, 1.82) is 0 Å². The van der Waals surface area contributed by atoms with E-state index in [-0.39, 0.29) is 6.61 Å². The van der Waals surface area contributed by atoms with Crippen molar-refractivity contribution in [3.05, 3.63) is 0 Å². The van der Waals surface area contributed by atoms with Gasteiger partial charge in [-0.15, -0.1) is 4.52 Å². The monoisotopic (exact) mass is 255 g/mol. The summed E-state index contributed by atoms with van der Waals surface area (Å²) in [6, 6.07) is 0. The van der Waals surface area contributed by atoms with Gasteiger partial charge in [-0.2, -0.15) is 0 Å². The van der Waals surface area contributed by atoms with E-state index in [2.05, 4.69) is 9.05 Å². The Bertz CT molecular complexity index is 159. The quantitative estimate of drug-likeness (QED) is 0.477. The second-order valence-corrected chi connectivity index (χ2v) is 4.93. The summed E-state index contributed by atoms with van der Waals surface area (Å²) in [6.45, 7) is 1.79. The first-order valence-electron chi connectivity index (χ1n) is 2.89. The summed E-state index contributed by atoms with van der Waals surface area (Å²) in [5.41, 5.74) is 0. The summed E-state index contributed by atoms with van der Waals surface area (Å²) in [4.78, 5) is 0. The Labute approximate surface area is 85.6 Å². The molecular formula is C4H7Cl3O4P+. The molecule has 72 valence electrons. The van der Waals surface area contributed by atoms with Gasteiger partial charge in [0.15, 0.2) is 0 Å². The van der Waals surface area contributed by atoms with E-state index in [0.717, 1.165) is 0 Å². The number of hydrogen-bond donors (Lipinski definition) is 1. The van der Waals surface area contributed by atoms with E-state index in [1.165, 1.54) is 0 Å². The molecule has 0 fully saturated rings. The molecule has 0 radical (unpaired) electrons. The highest BCUT2D eigenvalue weighted by atomic mass is 35.6. The third kappa shape index (κ3) is 5.49. The van der Waals surface area contributed by atoms with E-state index >= 15 is 0 Å². The van der Waals surface area contributed by atoms with Crippen LogP contribution in [-0.2, 0) is 13.6 Å². The molecule has 0 heterocycles. The fourth-order valence-corrected chi connectivity index (χ4v) is 1.19. The second kappa shape index (κ2) is 5.55. The van der Waals surface area contributed by atoms with Crippen LogP contribution < -0.4 is 0 Å². The van der Waals surface area contributed by atoms with Crippen molar-refractivity contribution in [2.75, 3.05) is 6.61 Å². The molecule has 0 rings (SSSR count). The van der Waals surface area contributed by atoms with E-state index in [0.29, 0.717) is 0 Å². The minimum atomic E-state index is -2.44. The van der Waals surface area contributed by atoms with E-state index in [1.807, 2.05) is 0 Å². The highest BCUT2D eigenvalue weighted by molar-refractivity contribution is 7.33. The fourth-order valence-electron chi connectivity index (χ4n) is 0.277. The number of aliphatic hydroxyl groups excluding tert-OH is 1. The van der Waals surface area contributed by atoms with Gasteiger partial charge < -0.3 is 5.11 Å². The summed E-state index contributed by atoms with van der Waals surface area (Å²) in [6.07, 6.45) is -1.77. The number of hydrogen-bond acceptors (Lipinski definition) is 4. The molecule has 0 aromatic rings. The Morgan fingerprint density at radius 3 is 2.42 bits per heavy atom. The average molecular weight is 256 g/mol. The largest absolute Gasteiger partial charge is 0.700 e. The van der Waals surface area contributed by atoms with Crippen molar-refractivity contribution < 1.29 is 18.7 Å². The molecule has 4 nitrogen and oxygen atoms in total. The van der Waals surface area contributed by atoms with Crippen LogP contribution in [0.4, 0.5) is 0 Å². The van der Waals surface area contributed by atoms with Crippen molar-refractivity contribution >= 4 is 43.1 Å². The van der Waals surface area contributed by atoms with Gasteiger partial charge in [0.25, 0.3) is 6.29 Å². The normalized spacial score (nSPS) is 15.9. The van der Waals surface area contributed by atoms with Crippen LogP contribution in [0.5, 0.6) is 0 Å². The zero-order chi connectivity index (χ0) is 9.78. The van der Waals surface area contributed by atoms with E-state index in [1.54, 1.807) is 6.92 Å². The smallest absolute Gasteiger partial charge is 0.361 e. The van der Waals surface area contributed by atoms with Crippen LogP contribution in [0.15, 0.2) is 0 Å². The Morgan fingerprint density at radius 1 is 1.58 bits per heavy atom. The van der Waals surface area contributed by atoms with Crippen LogP contribution in [0.1, 0.15) is 6.92 Å². The molecule has 0 spiro atoms. The minimum absolute atomic E-state index is 0.182. The van der Waals surface area contributed by atoms with Gasteiger partial charge in [-0.3, -0.25) is 0 Å². The van der Waals surface area contributed by atoms with Crippen molar-refractivity contribution in [2.45, 2.75) is 17.0 Å². The van der Waals surface area contributed by atoms with Crippen molar-refractivity contribution in [3.63, 3.8) is 0 Å². The number of alkyl halides is 3. The molecule has 8 heteroatoms. The van der Waals surface area contributed by atoms with Crippen LogP contribution in [0, 0.1) is 0 Å². The molecule has 12 heavy (non-hydrogen) atoms. The third-order valence-corrected chi connectivity index (χ3v) is 2.10. The van der Waals surface area contributed by atoms with E-state index in [9.17, 15) is 4.57 Å². The summed E-state index contributed by atoms with van der Waals surface area (Å²) in [7, 11) is -2.44. The zero-order valence-corrected chi connectivity index (χ0v) is 9.20. The van der Waals surface area contributed by atoms with Gasteiger partial charge in [-0.1, -0.05) is 39.3 Å². The zero-order valence-electron chi connectivity index (χ0n) is 6.04. The maximum absolute atomic E-state index is 10.7. The van der Waals surface area contributed by atoms with Crippen LogP contribution in [-0.4, -0.2) is 21.8 Å². The maximum atomic E-state index is 10.7. The van der Waals surface area contributed by atoms with E-state index in [4.69, 9.17) is 39.9 Å². The maximum Gasteiger partial charge on any atom is 0.700 e. The molecule has 0 bridgehead atoms. The highest BCUT2D eigenvalue weighted by Gasteiger charge is 2.40. The summed E-state index contributed by atoms with van der Waals surface area (Å²) >= 11 is 15.6. The Balaban J connectivity index is 3.84. The predicted octanol–water partition coefficient (Wildman–Crippen LogP) is 2.39. The lowest BCUT2D eigenvalue weighted by atomic mass is 10.8. The predicted molar refractivity (Wildman–Crippen MR) is 46.6 cm³/mol. The van der Waals surface area contributed by atoms with Crippen molar-refractivity contribution in [3.8, 4) is 0 Å². The van der Waals surface area contributed by atoms with Gasteiger partial charge in [0, 0.05) is 4.57 Å². The SMILES string of the molecule is CCO[P+](=O)OC(O)C(Cl)(Cl)Cl. The first kappa shape index (κ1) is 12.8. The molecule has 0 aromatic carbocycles. The van der Waals surface area contributed by atoms with Gasteiger partial charge in [-0.05, 0) is 6.92 Å². The van der Waals surface area contributed by atoms with Gasteiger partial charge in [0.05, 0.1) is 0 Å². The highest BCUT2D eigenvalue weighted by Crippen LogP contribution is 2.36. The lowest BCUT2D eigenvalue weighted by molar-refractivity contribution is -0.0180. The topological polar surface area (TPSA) is 55.8 Å². The third-order valence-electron chi connectivity index (χ3n) is 0.700. The lowest BCUT2D eigenvalue weighted by Crippen LogP contribution is -2.25. The Hall–Kier alpha value is 0.850. The number of halogens is 3. The van der Waals surface area contributed by atoms with Crippen LogP contribution in [0.3, 0.4) is 0 Å². The fraction of sp³-hybridized carbons (Fsp3) is 1.00. The molecule has 0 saturated carbocycles.